The van der Waals surface area contributed by atoms with E-state index in [-0.39, 0.29) is 43.0 Å². The van der Waals surface area contributed by atoms with Gasteiger partial charge in [0.1, 0.15) is 17.3 Å². The number of hydrogen-bond acceptors (Lipinski definition) is 6. The van der Waals surface area contributed by atoms with Crippen LogP contribution in [-0.4, -0.2) is 51.0 Å². The Hall–Kier alpha value is -1.11. The third-order valence-electron chi connectivity index (χ3n) is 2.11. The van der Waals surface area contributed by atoms with E-state index in [0.717, 1.165) is 0 Å². The fourth-order valence-corrected chi connectivity index (χ4v) is 1.49. The van der Waals surface area contributed by atoms with Crippen molar-refractivity contribution in [2.24, 2.45) is 0 Å². The highest BCUT2D eigenvalue weighted by Gasteiger charge is 2.09. The molecule has 6 heteroatoms. The van der Waals surface area contributed by atoms with Crippen LogP contribution in [0, 0.1) is 0 Å². The maximum Gasteiger partial charge on any atom is 0.142 e. The number of aliphatic hydroxyl groups excluding tert-OH is 3. The van der Waals surface area contributed by atoms with E-state index in [9.17, 15) is 14.4 Å². The van der Waals surface area contributed by atoms with Gasteiger partial charge >= 0.3 is 0 Å². The fraction of sp³-hybridized carbons (Fsp3) is 0.786. The lowest BCUT2D eigenvalue weighted by Gasteiger charge is -2.09. The predicted molar refractivity (Wildman–Crippen MR) is 74.2 cm³/mol. The number of carbonyl (C=O) groups is 3. The molecule has 0 aliphatic heterocycles. The Labute approximate surface area is 119 Å². The molecular formula is C14H26O6. The van der Waals surface area contributed by atoms with Crippen LogP contribution in [0.1, 0.15) is 53.4 Å². The van der Waals surface area contributed by atoms with E-state index in [1.807, 2.05) is 0 Å². The van der Waals surface area contributed by atoms with E-state index in [4.69, 9.17) is 15.3 Å². The normalized spacial score (nSPS) is 14.6. The molecule has 0 rings (SSSR count). The molecule has 3 N–H and O–H groups in total. The largest absolute Gasteiger partial charge is 0.393 e. The number of aliphatic hydroxyl groups is 3. The summed E-state index contributed by atoms with van der Waals surface area (Å²) in [6.07, 6.45) is -1.40. The van der Waals surface area contributed by atoms with Crippen molar-refractivity contribution in [3.8, 4) is 0 Å². The predicted octanol–water partition coefficient (Wildman–Crippen LogP) is 0.403. The summed E-state index contributed by atoms with van der Waals surface area (Å²) >= 11 is 0. The summed E-state index contributed by atoms with van der Waals surface area (Å²) in [6, 6.07) is 0. The van der Waals surface area contributed by atoms with Gasteiger partial charge in [-0.15, -0.1) is 0 Å². The fourth-order valence-electron chi connectivity index (χ4n) is 1.49. The average molecular weight is 290 g/mol. The first kappa shape index (κ1) is 21.2. The molecule has 20 heavy (non-hydrogen) atoms. The van der Waals surface area contributed by atoms with Gasteiger partial charge in [0, 0.05) is 12.8 Å². The lowest BCUT2D eigenvalue weighted by Crippen LogP contribution is -2.17. The Kier molecular flexibility index (Phi) is 12.4. The van der Waals surface area contributed by atoms with Crippen LogP contribution in [0.5, 0.6) is 0 Å². The molecule has 0 spiro atoms. The minimum absolute atomic E-state index is 0.0480. The molecule has 118 valence electrons. The van der Waals surface area contributed by atoms with Gasteiger partial charge in [0.15, 0.2) is 0 Å². The van der Waals surface area contributed by atoms with Crippen LogP contribution < -0.4 is 0 Å². The van der Waals surface area contributed by atoms with Crippen molar-refractivity contribution in [3.63, 3.8) is 0 Å². The van der Waals surface area contributed by atoms with Gasteiger partial charge in [-0.05, 0) is 34.1 Å². The Balaban J connectivity index is 0. The van der Waals surface area contributed by atoms with Crippen LogP contribution >= 0.6 is 0 Å². The van der Waals surface area contributed by atoms with Gasteiger partial charge in [0.2, 0.25) is 0 Å². The SMILES string of the molecule is CC(=O)CC(=O)C[C@@H](C)O.CC(=O)C[C@H](O)C[C@@H](C)O. The zero-order chi connectivity index (χ0) is 16.3. The Morgan fingerprint density at radius 3 is 1.65 bits per heavy atom. The van der Waals surface area contributed by atoms with Crippen LogP contribution in [0.3, 0.4) is 0 Å². The molecule has 0 fully saturated rings. The Morgan fingerprint density at radius 2 is 1.35 bits per heavy atom. The molecule has 0 heterocycles. The third-order valence-corrected chi connectivity index (χ3v) is 2.11. The van der Waals surface area contributed by atoms with E-state index in [0.29, 0.717) is 0 Å². The standard InChI is InChI=1S/C7H14O3.C7H12O3/c2*1-5(8)3-7(10)4-6(2)9/h5,7-8,10H,3-4H2,1-2H3;5,8H,3-4H2,1-2H3/t5-,7-;5-/m11/s1. The highest BCUT2D eigenvalue weighted by molar-refractivity contribution is 5.98. The van der Waals surface area contributed by atoms with Crippen molar-refractivity contribution < 1.29 is 29.7 Å². The van der Waals surface area contributed by atoms with Crippen LogP contribution in [-0.2, 0) is 14.4 Å². The van der Waals surface area contributed by atoms with Gasteiger partial charge < -0.3 is 15.3 Å². The van der Waals surface area contributed by atoms with Crippen LogP contribution in [0.4, 0.5) is 0 Å². The van der Waals surface area contributed by atoms with Gasteiger partial charge in [0.25, 0.3) is 0 Å². The smallest absolute Gasteiger partial charge is 0.142 e. The maximum atomic E-state index is 10.7. The summed E-state index contributed by atoms with van der Waals surface area (Å²) in [5.74, 6) is -0.388. The average Bonchev–Trinajstić information content (AvgIpc) is 2.11. The molecular weight excluding hydrogens is 264 g/mol. The Morgan fingerprint density at radius 1 is 0.850 bits per heavy atom. The zero-order valence-electron chi connectivity index (χ0n) is 12.6. The van der Waals surface area contributed by atoms with Crippen LogP contribution in [0.2, 0.25) is 0 Å². The number of hydrogen-bond donors (Lipinski definition) is 3. The summed E-state index contributed by atoms with van der Waals surface area (Å²) in [5, 5.41) is 26.5. The van der Waals surface area contributed by atoms with Crippen molar-refractivity contribution in [2.75, 3.05) is 0 Å². The van der Waals surface area contributed by atoms with Crippen molar-refractivity contribution >= 4 is 17.3 Å². The number of carbonyl (C=O) groups excluding carboxylic acids is 3. The molecule has 0 saturated heterocycles. The van der Waals surface area contributed by atoms with Gasteiger partial charge in [-0.3, -0.25) is 14.4 Å². The Bertz CT molecular complexity index is 309. The molecule has 3 atom stereocenters. The van der Waals surface area contributed by atoms with Gasteiger partial charge in [-0.1, -0.05) is 0 Å². The van der Waals surface area contributed by atoms with E-state index < -0.39 is 18.3 Å². The van der Waals surface area contributed by atoms with Crippen molar-refractivity contribution in [3.05, 3.63) is 0 Å². The van der Waals surface area contributed by atoms with E-state index in [2.05, 4.69) is 0 Å². The molecule has 0 bridgehead atoms. The molecule has 0 radical (unpaired) electrons. The number of ketones is 3. The van der Waals surface area contributed by atoms with E-state index >= 15 is 0 Å². The quantitative estimate of drug-likeness (QED) is 0.558. The highest BCUT2D eigenvalue weighted by atomic mass is 16.3. The minimum Gasteiger partial charge on any atom is -0.393 e. The topological polar surface area (TPSA) is 112 Å². The summed E-state index contributed by atoms with van der Waals surface area (Å²) in [7, 11) is 0. The molecule has 0 saturated carbocycles. The summed E-state index contributed by atoms with van der Waals surface area (Å²) < 4.78 is 0. The minimum atomic E-state index is -0.683. The molecule has 0 aliphatic carbocycles. The van der Waals surface area contributed by atoms with E-state index in [1.54, 1.807) is 6.92 Å². The monoisotopic (exact) mass is 290 g/mol. The maximum absolute atomic E-state index is 10.7. The molecule has 0 aromatic heterocycles. The molecule has 6 nitrogen and oxygen atoms in total. The highest BCUT2D eigenvalue weighted by Crippen LogP contribution is 2.01. The van der Waals surface area contributed by atoms with Crippen LogP contribution in [0.25, 0.3) is 0 Å². The molecule has 0 amide bonds. The first-order chi connectivity index (χ1) is 9.04. The first-order valence-corrected chi connectivity index (χ1v) is 6.59. The van der Waals surface area contributed by atoms with Gasteiger partial charge in [-0.25, -0.2) is 0 Å². The number of rotatable bonds is 8. The molecule has 0 aliphatic rings. The summed E-state index contributed by atoms with van der Waals surface area (Å²) in [4.78, 5) is 31.4. The summed E-state index contributed by atoms with van der Waals surface area (Å²) in [5.41, 5.74) is 0. The van der Waals surface area contributed by atoms with E-state index in [1.165, 1.54) is 20.8 Å². The van der Waals surface area contributed by atoms with Crippen molar-refractivity contribution in [1.29, 1.82) is 0 Å². The van der Waals surface area contributed by atoms with Gasteiger partial charge in [0.05, 0.1) is 24.7 Å². The van der Waals surface area contributed by atoms with Crippen molar-refractivity contribution in [1.82, 2.24) is 0 Å². The third kappa shape index (κ3) is 19.2. The number of Topliss-reactive ketones (excluding diaryl/α,β-unsaturated/α-hetero) is 3. The van der Waals surface area contributed by atoms with Crippen LogP contribution in [0.15, 0.2) is 0 Å². The zero-order valence-corrected chi connectivity index (χ0v) is 12.6. The second-order valence-electron chi connectivity index (χ2n) is 5.12. The lowest BCUT2D eigenvalue weighted by molar-refractivity contribution is -0.127. The molecule has 0 unspecified atom stereocenters. The lowest BCUT2D eigenvalue weighted by atomic mass is 10.1. The first-order valence-electron chi connectivity index (χ1n) is 6.59. The second kappa shape index (κ2) is 11.7. The summed E-state index contributed by atoms with van der Waals surface area (Å²) in [6.45, 7) is 5.90. The molecule has 0 aromatic carbocycles. The van der Waals surface area contributed by atoms with Gasteiger partial charge in [-0.2, -0.15) is 0 Å². The second-order valence-corrected chi connectivity index (χ2v) is 5.12. The van der Waals surface area contributed by atoms with Crippen molar-refractivity contribution in [2.45, 2.75) is 71.7 Å². The molecule has 0 aromatic rings.